The van der Waals surface area contributed by atoms with Crippen LogP contribution in [0.5, 0.6) is 0 Å². The van der Waals surface area contributed by atoms with Crippen molar-refractivity contribution >= 4 is 28.9 Å². The second-order valence-electron chi connectivity index (χ2n) is 7.17. The Balaban J connectivity index is 1.70. The highest BCUT2D eigenvalue weighted by Crippen LogP contribution is 2.26. The first-order valence-electron chi connectivity index (χ1n) is 10.0. The molecule has 0 atom stereocenters. The number of carbonyl (C=O) groups excluding carboxylic acids is 1. The molecule has 0 radical (unpaired) electrons. The van der Waals surface area contributed by atoms with Gasteiger partial charge in [0.15, 0.2) is 0 Å². The number of halogens is 1. The lowest BCUT2D eigenvalue weighted by atomic mass is 10.1. The predicted molar refractivity (Wildman–Crippen MR) is 123 cm³/mol. The minimum absolute atomic E-state index is 0.100. The van der Waals surface area contributed by atoms with Crippen molar-refractivity contribution in [3.63, 3.8) is 0 Å². The number of nitrogens with zero attached hydrogens (tertiary/aromatic N) is 2. The fraction of sp³-hybridized carbons (Fsp3) is 0.292. The minimum atomic E-state index is -0.100. The van der Waals surface area contributed by atoms with E-state index >= 15 is 0 Å². The first-order valence-corrected chi connectivity index (χ1v) is 10.4. The standard InChI is InChI=1S/C24H28ClN3O/c1-4-27(5-2)17-19-7-9-20(10-8-19)24(29)26-23-16-22(11-6-18(23)3)28-14-12-21(25)13-15-28/h6-14,16H,4-5,15,17H2,1-3H3,(H,26,29). The van der Waals surface area contributed by atoms with Crippen molar-refractivity contribution in [2.45, 2.75) is 27.3 Å². The molecule has 1 N–H and O–H groups in total. The molecule has 4 nitrogen and oxygen atoms in total. The third-order valence-electron chi connectivity index (χ3n) is 5.21. The van der Waals surface area contributed by atoms with Gasteiger partial charge in [-0.2, -0.15) is 0 Å². The van der Waals surface area contributed by atoms with Crippen molar-refractivity contribution in [3.8, 4) is 0 Å². The molecule has 152 valence electrons. The van der Waals surface area contributed by atoms with Gasteiger partial charge in [-0.25, -0.2) is 0 Å². The molecule has 0 saturated carbocycles. The molecule has 1 amide bonds. The van der Waals surface area contributed by atoms with Gasteiger partial charge < -0.3 is 10.2 Å². The van der Waals surface area contributed by atoms with E-state index in [0.717, 1.165) is 41.6 Å². The number of allylic oxidation sites excluding steroid dienone is 2. The lowest BCUT2D eigenvalue weighted by Crippen LogP contribution is -2.22. The molecule has 0 bridgehead atoms. The highest BCUT2D eigenvalue weighted by molar-refractivity contribution is 6.31. The molecular formula is C24H28ClN3O. The van der Waals surface area contributed by atoms with Gasteiger partial charge in [-0.1, -0.05) is 43.6 Å². The van der Waals surface area contributed by atoms with Gasteiger partial charge in [0.1, 0.15) is 0 Å². The van der Waals surface area contributed by atoms with E-state index in [2.05, 4.69) is 29.0 Å². The van der Waals surface area contributed by atoms with Gasteiger partial charge in [0.25, 0.3) is 5.91 Å². The molecule has 5 heteroatoms. The van der Waals surface area contributed by atoms with Gasteiger partial charge in [0, 0.05) is 41.3 Å². The molecule has 0 fully saturated rings. The summed E-state index contributed by atoms with van der Waals surface area (Å²) in [5, 5.41) is 3.80. The molecule has 0 aliphatic carbocycles. The summed E-state index contributed by atoms with van der Waals surface area (Å²) in [6, 6.07) is 13.9. The average Bonchev–Trinajstić information content (AvgIpc) is 2.74. The molecule has 0 saturated heterocycles. The van der Waals surface area contributed by atoms with Crippen molar-refractivity contribution in [3.05, 3.63) is 82.5 Å². The SMILES string of the molecule is CCN(CC)Cc1ccc(C(=O)Nc2cc(N3C=CC(Cl)=CC3)ccc2C)cc1. The Hall–Kier alpha value is -2.56. The molecule has 0 spiro atoms. The third-order valence-corrected chi connectivity index (χ3v) is 5.49. The van der Waals surface area contributed by atoms with Crippen molar-refractivity contribution in [1.82, 2.24) is 4.90 Å². The molecule has 1 aliphatic heterocycles. The van der Waals surface area contributed by atoms with E-state index < -0.39 is 0 Å². The number of carbonyl (C=O) groups is 1. The van der Waals surface area contributed by atoms with Crippen LogP contribution in [0.2, 0.25) is 0 Å². The van der Waals surface area contributed by atoms with E-state index in [1.165, 1.54) is 5.56 Å². The number of aryl methyl sites for hydroxylation is 1. The van der Waals surface area contributed by atoms with E-state index in [-0.39, 0.29) is 5.91 Å². The van der Waals surface area contributed by atoms with Crippen molar-refractivity contribution in [2.75, 3.05) is 29.9 Å². The number of hydrogen-bond acceptors (Lipinski definition) is 3. The van der Waals surface area contributed by atoms with Crippen LogP contribution in [0.1, 0.15) is 35.3 Å². The zero-order valence-electron chi connectivity index (χ0n) is 17.3. The summed E-state index contributed by atoms with van der Waals surface area (Å²) in [6.45, 7) is 9.96. The number of anilines is 2. The summed E-state index contributed by atoms with van der Waals surface area (Å²) in [5.41, 5.74) is 4.72. The maximum Gasteiger partial charge on any atom is 0.255 e. The number of hydrogen-bond donors (Lipinski definition) is 1. The Labute approximate surface area is 178 Å². The highest BCUT2D eigenvalue weighted by atomic mass is 35.5. The molecule has 1 aliphatic rings. The molecule has 2 aromatic carbocycles. The Morgan fingerprint density at radius 2 is 1.86 bits per heavy atom. The van der Waals surface area contributed by atoms with E-state index in [1.807, 2.05) is 67.7 Å². The quantitative estimate of drug-likeness (QED) is 0.651. The van der Waals surface area contributed by atoms with E-state index in [0.29, 0.717) is 12.1 Å². The van der Waals surface area contributed by atoms with E-state index in [4.69, 9.17) is 11.6 Å². The Bertz CT molecular complexity index is 914. The molecule has 29 heavy (non-hydrogen) atoms. The maximum absolute atomic E-state index is 12.8. The maximum atomic E-state index is 12.8. The fourth-order valence-electron chi connectivity index (χ4n) is 3.25. The Kier molecular flexibility index (Phi) is 7.13. The van der Waals surface area contributed by atoms with Gasteiger partial charge in [-0.05, 0) is 67.6 Å². The van der Waals surface area contributed by atoms with Crippen LogP contribution in [-0.2, 0) is 6.54 Å². The summed E-state index contributed by atoms with van der Waals surface area (Å²) in [4.78, 5) is 17.2. The lowest BCUT2D eigenvalue weighted by Gasteiger charge is -2.23. The number of benzene rings is 2. The molecule has 0 unspecified atom stereocenters. The van der Waals surface area contributed by atoms with Gasteiger partial charge >= 0.3 is 0 Å². The fourth-order valence-corrected chi connectivity index (χ4v) is 3.38. The van der Waals surface area contributed by atoms with Crippen LogP contribution in [0, 0.1) is 6.92 Å². The lowest BCUT2D eigenvalue weighted by molar-refractivity contribution is 0.102. The summed E-state index contributed by atoms with van der Waals surface area (Å²) in [6.07, 6.45) is 5.77. The van der Waals surface area contributed by atoms with Gasteiger partial charge in [0.05, 0.1) is 0 Å². The van der Waals surface area contributed by atoms with Crippen LogP contribution in [0.25, 0.3) is 0 Å². The third kappa shape index (κ3) is 5.49. The van der Waals surface area contributed by atoms with Crippen molar-refractivity contribution in [2.24, 2.45) is 0 Å². The van der Waals surface area contributed by atoms with Crippen molar-refractivity contribution in [1.29, 1.82) is 0 Å². The largest absolute Gasteiger partial charge is 0.344 e. The zero-order chi connectivity index (χ0) is 20.8. The second kappa shape index (κ2) is 9.77. The zero-order valence-corrected chi connectivity index (χ0v) is 18.0. The summed E-state index contributed by atoms with van der Waals surface area (Å²) in [5.74, 6) is -0.100. The first kappa shape index (κ1) is 21.2. The van der Waals surface area contributed by atoms with Crippen molar-refractivity contribution < 1.29 is 4.79 Å². The normalized spacial score (nSPS) is 13.6. The van der Waals surface area contributed by atoms with Crippen LogP contribution in [0.4, 0.5) is 11.4 Å². The Morgan fingerprint density at radius 1 is 1.14 bits per heavy atom. The average molecular weight is 410 g/mol. The van der Waals surface area contributed by atoms with Gasteiger partial charge in [-0.3, -0.25) is 9.69 Å². The van der Waals surface area contributed by atoms with Gasteiger partial charge in [0.2, 0.25) is 0 Å². The molecule has 3 rings (SSSR count). The molecule has 2 aromatic rings. The monoisotopic (exact) mass is 409 g/mol. The Morgan fingerprint density at radius 3 is 2.48 bits per heavy atom. The smallest absolute Gasteiger partial charge is 0.255 e. The van der Waals surface area contributed by atoms with Gasteiger partial charge in [-0.15, -0.1) is 0 Å². The number of amides is 1. The topological polar surface area (TPSA) is 35.6 Å². The number of nitrogens with one attached hydrogen (secondary N) is 1. The van der Waals surface area contributed by atoms with E-state index in [9.17, 15) is 4.79 Å². The van der Waals surface area contributed by atoms with E-state index in [1.54, 1.807) is 0 Å². The molecular weight excluding hydrogens is 382 g/mol. The van der Waals surface area contributed by atoms with Crippen LogP contribution in [-0.4, -0.2) is 30.4 Å². The summed E-state index contributed by atoms with van der Waals surface area (Å²) < 4.78 is 0. The first-order chi connectivity index (χ1) is 14.0. The van der Waals surface area contributed by atoms with Crippen LogP contribution >= 0.6 is 11.6 Å². The molecule has 0 aromatic heterocycles. The van der Waals surface area contributed by atoms with Crippen LogP contribution < -0.4 is 10.2 Å². The summed E-state index contributed by atoms with van der Waals surface area (Å²) in [7, 11) is 0. The van der Waals surface area contributed by atoms with Crippen LogP contribution in [0.15, 0.2) is 65.8 Å². The minimum Gasteiger partial charge on any atom is -0.344 e. The second-order valence-corrected chi connectivity index (χ2v) is 7.61. The summed E-state index contributed by atoms with van der Waals surface area (Å²) >= 11 is 6.01. The predicted octanol–water partition coefficient (Wildman–Crippen LogP) is 5.55. The number of rotatable bonds is 7. The molecule has 1 heterocycles. The highest BCUT2D eigenvalue weighted by Gasteiger charge is 2.12. The van der Waals surface area contributed by atoms with Crippen LogP contribution in [0.3, 0.4) is 0 Å².